The van der Waals surface area contributed by atoms with Crippen LogP contribution in [0.4, 0.5) is 19.0 Å². The number of amides is 1. The number of hydrogen-bond acceptors (Lipinski definition) is 3. The molecule has 0 saturated heterocycles. The number of halogens is 3. The minimum atomic E-state index is -4.23. The third-order valence-electron chi connectivity index (χ3n) is 4.01. The van der Waals surface area contributed by atoms with Gasteiger partial charge < -0.3 is 9.84 Å². The fourth-order valence-corrected chi connectivity index (χ4v) is 2.64. The molecule has 1 aromatic heterocycles. The van der Waals surface area contributed by atoms with Gasteiger partial charge in [0.25, 0.3) is 0 Å². The van der Waals surface area contributed by atoms with Crippen molar-refractivity contribution in [2.24, 2.45) is 11.8 Å². The van der Waals surface area contributed by atoms with Crippen molar-refractivity contribution >= 4 is 11.7 Å². The zero-order valence-electron chi connectivity index (χ0n) is 13.0. The molecule has 0 aliphatic heterocycles. The molecule has 124 valence electrons. The summed E-state index contributed by atoms with van der Waals surface area (Å²) in [6, 6.07) is 1.61. The average Bonchev–Trinajstić information content (AvgIpc) is 2.86. The van der Waals surface area contributed by atoms with Gasteiger partial charge in [-0.1, -0.05) is 32.3 Å². The van der Waals surface area contributed by atoms with Crippen LogP contribution in [0.25, 0.3) is 0 Å². The van der Waals surface area contributed by atoms with E-state index in [2.05, 4.69) is 10.5 Å². The van der Waals surface area contributed by atoms with Gasteiger partial charge in [-0.2, -0.15) is 13.2 Å². The Morgan fingerprint density at radius 2 is 2.00 bits per heavy atom. The summed E-state index contributed by atoms with van der Waals surface area (Å²) in [5, 5.41) is 6.32. The van der Waals surface area contributed by atoms with Crippen LogP contribution in [0.5, 0.6) is 0 Å². The first kappa shape index (κ1) is 16.8. The van der Waals surface area contributed by atoms with Crippen molar-refractivity contribution in [3.05, 3.63) is 11.8 Å². The van der Waals surface area contributed by atoms with E-state index in [-0.39, 0.29) is 24.1 Å². The molecule has 1 heterocycles. The van der Waals surface area contributed by atoms with Crippen LogP contribution in [0, 0.1) is 11.8 Å². The summed E-state index contributed by atoms with van der Waals surface area (Å²) in [5.74, 6) is -1.57. The van der Waals surface area contributed by atoms with Gasteiger partial charge >= 0.3 is 6.18 Å². The molecule has 22 heavy (non-hydrogen) atoms. The summed E-state index contributed by atoms with van der Waals surface area (Å²) in [6.45, 7) is 5.82. The first-order valence-corrected chi connectivity index (χ1v) is 7.42. The van der Waals surface area contributed by atoms with Gasteiger partial charge in [-0.25, -0.2) is 0 Å². The molecule has 1 aliphatic rings. The predicted octanol–water partition coefficient (Wildman–Crippen LogP) is 4.28. The Labute approximate surface area is 127 Å². The van der Waals surface area contributed by atoms with Crippen LogP contribution in [0.3, 0.4) is 0 Å². The summed E-state index contributed by atoms with van der Waals surface area (Å²) in [6.07, 6.45) is -3.40. The third-order valence-corrected chi connectivity index (χ3v) is 4.01. The smallest absolute Gasteiger partial charge is 0.359 e. The van der Waals surface area contributed by atoms with Crippen LogP contribution < -0.4 is 5.32 Å². The van der Waals surface area contributed by atoms with E-state index in [0.29, 0.717) is 18.6 Å². The number of hydrogen-bond donors (Lipinski definition) is 1. The summed E-state index contributed by atoms with van der Waals surface area (Å²) in [5.41, 5.74) is -0.248. The van der Waals surface area contributed by atoms with E-state index in [1.807, 2.05) is 20.8 Å². The normalized spacial score (nSPS) is 23.4. The highest BCUT2D eigenvalue weighted by molar-refractivity contribution is 5.91. The highest BCUT2D eigenvalue weighted by atomic mass is 19.4. The molecule has 0 spiro atoms. The van der Waals surface area contributed by atoms with E-state index >= 15 is 0 Å². The molecular weight excluding hydrogens is 297 g/mol. The Hall–Kier alpha value is -1.53. The van der Waals surface area contributed by atoms with Crippen molar-refractivity contribution in [3.8, 4) is 0 Å². The second-order valence-electron chi connectivity index (χ2n) is 6.92. The van der Waals surface area contributed by atoms with Gasteiger partial charge in [0.15, 0.2) is 5.82 Å². The van der Waals surface area contributed by atoms with E-state index in [9.17, 15) is 18.0 Å². The van der Waals surface area contributed by atoms with Gasteiger partial charge in [0.2, 0.25) is 5.91 Å². The molecular formula is C15H21F3N2O2. The monoisotopic (exact) mass is 318 g/mol. The summed E-state index contributed by atoms with van der Waals surface area (Å²) in [7, 11) is 0. The van der Waals surface area contributed by atoms with Crippen molar-refractivity contribution in [1.82, 2.24) is 5.16 Å². The molecule has 0 radical (unpaired) electrons. The SMILES string of the molecule is CC(C)(C)c1cc(NC(=O)C2CCCC(C(F)(F)F)C2)no1. The van der Waals surface area contributed by atoms with Crippen LogP contribution >= 0.6 is 0 Å². The number of carbonyl (C=O) groups excluding carboxylic acids is 1. The zero-order chi connectivity index (χ0) is 16.5. The van der Waals surface area contributed by atoms with Crippen molar-refractivity contribution in [3.63, 3.8) is 0 Å². The standard InChI is InChI=1S/C15H21F3N2O2/c1-14(2,3)11-8-12(20-22-11)19-13(21)9-5-4-6-10(7-9)15(16,17)18/h8-10H,4-7H2,1-3H3,(H,19,20,21). The van der Waals surface area contributed by atoms with E-state index in [0.717, 1.165) is 0 Å². The topological polar surface area (TPSA) is 55.1 Å². The molecule has 2 atom stereocenters. The summed E-state index contributed by atoms with van der Waals surface area (Å²) in [4.78, 5) is 12.1. The van der Waals surface area contributed by atoms with Gasteiger partial charge in [0.05, 0.1) is 5.92 Å². The van der Waals surface area contributed by atoms with Crippen molar-refractivity contribution in [2.75, 3.05) is 5.32 Å². The lowest BCUT2D eigenvalue weighted by molar-refractivity contribution is -0.185. The first-order chi connectivity index (χ1) is 10.1. The van der Waals surface area contributed by atoms with Crippen LogP contribution in [0.2, 0.25) is 0 Å². The number of anilines is 1. The van der Waals surface area contributed by atoms with Crippen LogP contribution in [0.1, 0.15) is 52.2 Å². The van der Waals surface area contributed by atoms with Gasteiger partial charge in [0, 0.05) is 17.4 Å². The Kier molecular flexibility index (Phi) is 4.54. The largest absolute Gasteiger partial charge is 0.391 e. The van der Waals surface area contributed by atoms with E-state index in [1.54, 1.807) is 6.07 Å². The van der Waals surface area contributed by atoms with Crippen LogP contribution in [0.15, 0.2) is 10.6 Å². The van der Waals surface area contributed by atoms with Crippen molar-refractivity contribution in [2.45, 2.75) is 58.0 Å². The summed E-state index contributed by atoms with van der Waals surface area (Å²) < 4.78 is 43.5. The quantitative estimate of drug-likeness (QED) is 0.885. The van der Waals surface area contributed by atoms with Crippen molar-refractivity contribution in [1.29, 1.82) is 0 Å². The van der Waals surface area contributed by atoms with Crippen molar-refractivity contribution < 1.29 is 22.5 Å². The molecule has 1 aliphatic carbocycles. The van der Waals surface area contributed by atoms with E-state index in [1.165, 1.54) is 0 Å². The predicted molar refractivity (Wildman–Crippen MR) is 75.3 cm³/mol. The number of aromatic nitrogens is 1. The molecule has 1 aromatic rings. The molecule has 0 aromatic carbocycles. The fourth-order valence-electron chi connectivity index (χ4n) is 2.64. The lowest BCUT2D eigenvalue weighted by atomic mass is 9.80. The maximum absolute atomic E-state index is 12.8. The molecule has 2 rings (SSSR count). The summed E-state index contributed by atoms with van der Waals surface area (Å²) >= 11 is 0. The number of rotatable bonds is 2. The molecule has 7 heteroatoms. The van der Waals surface area contributed by atoms with Gasteiger partial charge in [-0.05, 0) is 19.3 Å². The lowest BCUT2D eigenvalue weighted by Crippen LogP contribution is -2.34. The number of nitrogens with one attached hydrogen (secondary N) is 1. The highest BCUT2D eigenvalue weighted by Crippen LogP contribution is 2.40. The third kappa shape index (κ3) is 4.01. The highest BCUT2D eigenvalue weighted by Gasteiger charge is 2.43. The first-order valence-electron chi connectivity index (χ1n) is 7.42. The molecule has 2 unspecified atom stereocenters. The Balaban J connectivity index is 1.99. The molecule has 4 nitrogen and oxygen atoms in total. The Morgan fingerprint density at radius 3 is 2.55 bits per heavy atom. The van der Waals surface area contributed by atoms with Gasteiger partial charge in [0.1, 0.15) is 5.76 Å². The number of nitrogens with zero attached hydrogens (tertiary/aromatic N) is 1. The van der Waals surface area contributed by atoms with E-state index < -0.39 is 23.9 Å². The van der Waals surface area contributed by atoms with E-state index in [4.69, 9.17) is 4.52 Å². The van der Waals surface area contributed by atoms with Gasteiger partial charge in [-0.15, -0.1) is 0 Å². The lowest BCUT2D eigenvalue weighted by Gasteiger charge is -2.29. The maximum atomic E-state index is 12.8. The Morgan fingerprint density at radius 1 is 1.32 bits per heavy atom. The van der Waals surface area contributed by atoms with Crippen LogP contribution in [-0.2, 0) is 10.2 Å². The maximum Gasteiger partial charge on any atom is 0.391 e. The average molecular weight is 318 g/mol. The number of alkyl halides is 3. The Bertz CT molecular complexity index is 532. The molecule has 0 bridgehead atoms. The molecule has 1 amide bonds. The zero-order valence-corrected chi connectivity index (χ0v) is 13.0. The number of carbonyl (C=O) groups is 1. The van der Waals surface area contributed by atoms with Gasteiger partial charge in [-0.3, -0.25) is 4.79 Å². The van der Waals surface area contributed by atoms with Crippen LogP contribution in [-0.4, -0.2) is 17.2 Å². The second kappa shape index (κ2) is 5.93. The second-order valence-corrected chi connectivity index (χ2v) is 6.92. The minimum Gasteiger partial charge on any atom is -0.359 e. The molecule has 1 N–H and O–H groups in total. The molecule has 1 fully saturated rings. The minimum absolute atomic E-state index is 0.103. The molecule has 1 saturated carbocycles. The fraction of sp³-hybridized carbons (Fsp3) is 0.733.